The van der Waals surface area contributed by atoms with E-state index in [-0.39, 0.29) is 32.0 Å². The van der Waals surface area contributed by atoms with Crippen LogP contribution in [0, 0.1) is 0 Å². The van der Waals surface area contributed by atoms with Gasteiger partial charge in [-0.2, -0.15) is 0 Å². The fourth-order valence-corrected chi connectivity index (χ4v) is 11.5. The van der Waals surface area contributed by atoms with Crippen LogP contribution < -0.4 is 0 Å². The summed E-state index contributed by atoms with van der Waals surface area (Å²) < 4.78 is 34.8. The van der Waals surface area contributed by atoms with Gasteiger partial charge in [0.1, 0.15) is 19.8 Å². The first-order valence-corrected chi connectivity index (χ1v) is 38.8. The molecule has 0 aromatic carbocycles. The first kappa shape index (κ1) is 85.2. The molecule has 0 saturated heterocycles. The monoisotopic (exact) mass is 1250 g/mol. The van der Waals surface area contributed by atoms with Crippen LogP contribution >= 0.6 is 7.82 Å². The van der Waals surface area contributed by atoms with Gasteiger partial charge in [-0.1, -0.05) is 330 Å². The normalized spacial score (nSPS) is 13.6. The highest BCUT2D eigenvalue weighted by Gasteiger charge is 2.27. The maximum Gasteiger partial charge on any atom is 0.472 e. The van der Waals surface area contributed by atoms with Crippen LogP contribution in [-0.2, 0) is 32.7 Å². The highest BCUT2D eigenvalue weighted by molar-refractivity contribution is 7.47. The number of rotatable bonds is 69. The Morgan fingerprint density at radius 1 is 0.364 bits per heavy atom. The first-order valence-electron chi connectivity index (χ1n) is 37.3. The Balaban J connectivity index is 3.96. The molecule has 0 aliphatic rings. The number of unbranched alkanes of at least 4 members (excludes halogenated alkanes) is 41. The number of carbonyl (C=O) groups excluding carboxylic acids is 2. The molecule has 88 heavy (non-hydrogen) atoms. The summed E-state index contributed by atoms with van der Waals surface area (Å²) in [7, 11) is 1.49. The smallest absolute Gasteiger partial charge is 0.462 e. The van der Waals surface area contributed by atoms with E-state index < -0.39 is 26.5 Å². The van der Waals surface area contributed by atoms with E-state index in [0.29, 0.717) is 17.4 Å². The number of carbonyl (C=O) groups is 2. The van der Waals surface area contributed by atoms with Gasteiger partial charge >= 0.3 is 19.8 Å². The van der Waals surface area contributed by atoms with Crippen molar-refractivity contribution in [2.75, 3.05) is 47.5 Å². The number of esters is 2. The maximum atomic E-state index is 12.9. The number of likely N-dealkylation sites (N-methyl/N-ethyl adjacent to an activating group) is 1. The molecule has 0 saturated carbocycles. The van der Waals surface area contributed by atoms with Crippen LogP contribution in [0.2, 0.25) is 0 Å². The van der Waals surface area contributed by atoms with E-state index in [0.717, 1.165) is 70.6 Å². The van der Waals surface area contributed by atoms with Crippen molar-refractivity contribution in [1.82, 2.24) is 0 Å². The number of hydrogen-bond acceptors (Lipinski definition) is 7. The molecule has 0 fully saturated rings. The lowest BCUT2D eigenvalue weighted by Gasteiger charge is -2.24. The quantitative estimate of drug-likeness (QED) is 0.0211. The number of allylic oxidation sites excluding steroid dienone is 14. The van der Waals surface area contributed by atoms with Gasteiger partial charge in [-0.3, -0.25) is 18.6 Å². The molecule has 2 unspecified atom stereocenters. The van der Waals surface area contributed by atoms with Gasteiger partial charge in [0.25, 0.3) is 0 Å². The van der Waals surface area contributed by atoms with Gasteiger partial charge in [-0.05, 0) is 89.9 Å². The zero-order valence-corrected chi connectivity index (χ0v) is 59.4. The van der Waals surface area contributed by atoms with E-state index in [1.807, 2.05) is 21.1 Å². The minimum Gasteiger partial charge on any atom is -0.462 e. The van der Waals surface area contributed by atoms with E-state index in [2.05, 4.69) is 98.9 Å². The lowest BCUT2D eigenvalue weighted by Crippen LogP contribution is -2.37. The second kappa shape index (κ2) is 68.6. The standard InChI is InChI=1S/C78H142NO8P/c1-6-8-10-12-14-16-18-20-22-24-26-28-30-32-34-35-36-37-38-39-40-41-42-43-45-47-49-51-53-55-57-59-61-63-65-67-69-71-78(81)87-76(75-86-88(82,83)85-73-72-79(3,4)5)74-84-77(80)70-68-66-64-62-60-58-56-54-52-50-48-46-44-33-31-29-27-25-23-21-19-17-15-13-11-9-7-2/h8,10,14,16,19-22,25-28,31,33,76H,6-7,9,11-13,15,17-18,23-24,29-30,32,34-75H2,1-5H3/p+1/b10-8-,16-14-,21-19-,22-20-,27-25-,28-26-,33-31-. The molecule has 0 bridgehead atoms. The van der Waals surface area contributed by atoms with E-state index >= 15 is 0 Å². The van der Waals surface area contributed by atoms with Gasteiger partial charge in [0.15, 0.2) is 6.10 Å². The first-order chi connectivity index (χ1) is 43.0. The van der Waals surface area contributed by atoms with Crippen LogP contribution in [0.1, 0.15) is 348 Å². The third-order valence-corrected chi connectivity index (χ3v) is 17.4. The molecule has 0 radical (unpaired) electrons. The minimum absolute atomic E-state index is 0.0312. The molecule has 0 spiro atoms. The topological polar surface area (TPSA) is 108 Å². The largest absolute Gasteiger partial charge is 0.472 e. The lowest BCUT2D eigenvalue weighted by atomic mass is 10.0. The predicted molar refractivity (Wildman–Crippen MR) is 381 cm³/mol. The minimum atomic E-state index is -4.40. The predicted octanol–water partition coefficient (Wildman–Crippen LogP) is 24.5. The second-order valence-electron chi connectivity index (χ2n) is 26.3. The summed E-state index contributed by atoms with van der Waals surface area (Å²) in [5.41, 5.74) is 0. The lowest BCUT2D eigenvalue weighted by molar-refractivity contribution is -0.870. The Bertz CT molecular complexity index is 1760. The van der Waals surface area contributed by atoms with Crippen molar-refractivity contribution in [2.45, 2.75) is 354 Å². The average Bonchev–Trinajstić information content (AvgIpc) is 3.68. The van der Waals surface area contributed by atoms with Crippen molar-refractivity contribution in [2.24, 2.45) is 0 Å². The Morgan fingerprint density at radius 3 is 0.966 bits per heavy atom. The average molecular weight is 1250 g/mol. The second-order valence-corrected chi connectivity index (χ2v) is 27.8. The van der Waals surface area contributed by atoms with E-state index in [1.165, 1.54) is 244 Å². The molecule has 0 aromatic rings. The van der Waals surface area contributed by atoms with Crippen molar-refractivity contribution in [3.8, 4) is 0 Å². The summed E-state index contributed by atoms with van der Waals surface area (Å²) in [5.74, 6) is -0.785. The Labute approximate surface area is 545 Å². The van der Waals surface area contributed by atoms with E-state index in [1.54, 1.807) is 0 Å². The molecule has 0 aromatic heterocycles. The molecule has 0 aliphatic heterocycles. The summed E-state index contributed by atoms with van der Waals surface area (Å²) in [6, 6.07) is 0. The van der Waals surface area contributed by atoms with Gasteiger partial charge in [0.2, 0.25) is 0 Å². The highest BCUT2D eigenvalue weighted by Crippen LogP contribution is 2.43. The number of phosphoric ester groups is 1. The molecule has 1 N–H and O–H groups in total. The van der Waals surface area contributed by atoms with Crippen LogP contribution in [0.25, 0.3) is 0 Å². The Kier molecular flexibility index (Phi) is 66.4. The van der Waals surface area contributed by atoms with Crippen LogP contribution in [-0.4, -0.2) is 74.9 Å². The van der Waals surface area contributed by atoms with Crippen molar-refractivity contribution >= 4 is 19.8 Å². The molecule has 10 heteroatoms. The van der Waals surface area contributed by atoms with Gasteiger partial charge in [0, 0.05) is 12.8 Å². The number of hydrogen-bond donors (Lipinski definition) is 1. The maximum absolute atomic E-state index is 12.9. The van der Waals surface area contributed by atoms with Crippen molar-refractivity contribution in [3.05, 3.63) is 85.1 Å². The highest BCUT2D eigenvalue weighted by atomic mass is 31.2. The molecule has 0 aliphatic carbocycles. The van der Waals surface area contributed by atoms with Crippen LogP contribution in [0.15, 0.2) is 85.1 Å². The van der Waals surface area contributed by atoms with Crippen LogP contribution in [0.3, 0.4) is 0 Å². The number of quaternary nitrogens is 1. The number of nitrogens with zero attached hydrogens (tertiary/aromatic N) is 1. The third-order valence-electron chi connectivity index (χ3n) is 16.4. The fourth-order valence-electron chi connectivity index (χ4n) is 10.7. The van der Waals surface area contributed by atoms with E-state index in [9.17, 15) is 19.0 Å². The van der Waals surface area contributed by atoms with Gasteiger partial charge < -0.3 is 18.9 Å². The molecule has 0 rings (SSSR count). The number of ether oxygens (including phenoxy) is 2. The van der Waals surface area contributed by atoms with Gasteiger partial charge in [-0.15, -0.1) is 0 Å². The van der Waals surface area contributed by atoms with Crippen molar-refractivity contribution in [1.29, 1.82) is 0 Å². The summed E-state index contributed by atoms with van der Waals surface area (Å²) in [5, 5.41) is 0. The molecule has 0 amide bonds. The number of phosphoric acid groups is 1. The van der Waals surface area contributed by atoms with Crippen molar-refractivity contribution < 1.29 is 42.1 Å². The van der Waals surface area contributed by atoms with Crippen molar-refractivity contribution in [3.63, 3.8) is 0 Å². The molecular formula is C78H143NO8P+. The van der Waals surface area contributed by atoms with Crippen LogP contribution in [0.4, 0.5) is 0 Å². The molecular weight excluding hydrogens is 1110 g/mol. The summed E-state index contributed by atoms with van der Waals surface area (Å²) in [6.07, 6.45) is 94.2. The third kappa shape index (κ3) is 72.3. The Morgan fingerprint density at radius 2 is 0.648 bits per heavy atom. The SMILES string of the molecule is CC/C=C\C/C=C\C/C=C\C/C=C\CCCCCCCCCCCCCCCCCCCCCCCCCCC(=O)OC(COC(=O)CCCCCCCCCCCCCC/C=C\C/C=C\C/C=C\CCCCCCC)COP(=O)(O)OCC[N+](C)(C)C. The van der Waals surface area contributed by atoms with Gasteiger partial charge in [-0.25, -0.2) is 4.57 Å². The zero-order chi connectivity index (χ0) is 64.1. The Hall–Kier alpha value is -2.81. The molecule has 2 atom stereocenters. The summed E-state index contributed by atoms with van der Waals surface area (Å²) in [4.78, 5) is 35.9. The van der Waals surface area contributed by atoms with E-state index in [4.69, 9.17) is 18.5 Å². The summed E-state index contributed by atoms with van der Waals surface area (Å²) >= 11 is 0. The van der Waals surface area contributed by atoms with Crippen LogP contribution in [0.5, 0.6) is 0 Å². The molecule has 9 nitrogen and oxygen atoms in total. The summed E-state index contributed by atoms with van der Waals surface area (Å²) in [6.45, 7) is 4.35. The molecule has 512 valence electrons. The zero-order valence-electron chi connectivity index (χ0n) is 58.5. The van der Waals surface area contributed by atoms with Gasteiger partial charge in [0.05, 0.1) is 27.7 Å². The molecule has 0 heterocycles. The fraction of sp³-hybridized carbons (Fsp3) is 0.795.